The molecule has 0 aromatic heterocycles. The van der Waals surface area contributed by atoms with Crippen molar-refractivity contribution in [1.82, 2.24) is 0 Å². The van der Waals surface area contributed by atoms with Crippen LogP contribution in [0.1, 0.15) is 71.4 Å². The fourth-order valence-electron chi connectivity index (χ4n) is 9.03. The lowest BCUT2D eigenvalue weighted by Crippen LogP contribution is -2.28. The molecule has 0 heterocycles. The quantitative estimate of drug-likeness (QED) is 0.163. The second kappa shape index (κ2) is 13.5. The second-order valence-corrected chi connectivity index (χ2v) is 14.9. The highest BCUT2D eigenvalue weighted by Gasteiger charge is 2.45. The smallest absolute Gasteiger partial charge is 0.0713 e. The molecule has 0 aliphatic heterocycles. The van der Waals surface area contributed by atoms with Crippen LogP contribution in [0.25, 0.3) is 33.4 Å². The fraction of sp³-hybridized carbons (Fsp3) is 0.176. The Bertz CT molecular complexity index is 2260. The summed E-state index contributed by atoms with van der Waals surface area (Å²) in [6.07, 6.45) is 6.80. The van der Waals surface area contributed by atoms with E-state index in [1.165, 1.54) is 110 Å². The Balaban J connectivity index is 1.04. The summed E-state index contributed by atoms with van der Waals surface area (Å²) in [7, 11) is 2.17. The average molecular weight is 672 g/mol. The first-order chi connectivity index (χ1) is 25.6. The van der Waals surface area contributed by atoms with Crippen molar-refractivity contribution < 1.29 is 0 Å². The second-order valence-electron chi connectivity index (χ2n) is 14.9. The first-order valence-corrected chi connectivity index (χ1v) is 19.0. The van der Waals surface area contributed by atoms with Crippen molar-refractivity contribution in [2.45, 2.75) is 50.4 Å². The third-order valence-electron chi connectivity index (χ3n) is 11.9. The van der Waals surface area contributed by atoms with Crippen LogP contribution < -0.4 is 4.90 Å². The van der Waals surface area contributed by atoms with Crippen molar-refractivity contribution in [3.8, 4) is 33.4 Å². The zero-order chi connectivity index (χ0) is 35.1. The van der Waals surface area contributed by atoms with Gasteiger partial charge in [-0.15, -0.1) is 0 Å². The van der Waals surface area contributed by atoms with Gasteiger partial charge in [-0.1, -0.05) is 170 Å². The number of anilines is 2. The van der Waals surface area contributed by atoms with Gasteiger partial charge in [0.05, 0.1) is 5.41 Å². The Kier molecular flexibility index (Phi) is 8.36. The number of rotatable bonds is 7. The molecule has 0 unspecified atom stereocenters. The highest BCUT2D eigenvalue weighted by Crippen LogP contribution is 2.56. The summed E-state index contributed by atoms with van der Waals surface area (Å²) in [6.45, 7) is 2.14. The normalized spacial score (nSPS) is 14.8. The lowest BCUT2D eigenvalue weighted by atomic mass is 9.67. The minimum Gasteiger partial charge on any atom is -0.345 e. The first-order valence-electron chi connectivity index (χ1n) is 19.0. The number of aryl methyl sites for hydroxylation is 1. The van der Waals surface area contributed by atoms with Crippen LogP contribution in [0.3, 0.4) is 0 Å². The minimum atomic E-state index is -0.420. The highest BCUT2D eigenvalue weighted by atomic mass is 15.1. The van der Waals surface area contributed by atoms with E-state index in [1.54, 1.807) is 0 Å². The van der Waals surface area contributed by atoms with Crippen molar-refractivity contribution in [3.05, 3.63) is 203 Å². The van der Waals surface area contributed by atoms with Gasteiger partial charge in [-0.3, -0.25) is 0 Å². The van der Waals surface area contributed by atoms with Crippen LogP contribution in [0, 0.1) is 6.92 Å². The maximum absolute atomic E-state index is 2.36. The number of hydrogen-bond acceptors (Lipinski definition) is 1. The number of nitrogens with zero attached hydrogens (tertiary/aromatic N) is 1. The lowest BCUT2D eigenvalue weighted by molar-refractivity contribution is 0.443. The molecule has 254 valence electrons. The Hall–Kier alpha value is -5.66. The Morgan fingerprint density at radius 1 is 0.442 bits per heavy atom. The standard InChI is InChI=1S/C51H45N/c1-36-16-18-38(19-17-36)39-20-28-43(29-21-39)51(49-14-8-6-12-47(49)48-13-7-9-15-50(48)51)44-30-22-40(23-31-44)42-26-34-46(35-27-42)52(2)45-32-24-41(25-33-45)37-10-4-3-5-11-37/h6-9,12-35,37H,3-5,10-11H2,1-2H3. The summed E-state index contributed by atoms with van der Waals surface area (Å²) < 4.78 is 0. The van der Waals surface area contributed by atoms with Crippen LogP contribution in [-0.4, -0.2) is 7.05 Å². The zero-order valence-corrected chi connectivity index (χ0v) is 30.2. The fourth-order valence-corrected chi connectivity index (χ4v) is 9.03. The molecule has 1 heteroatoms. The number of benzene rings is 7. The topological polar surface area (TPSA) is 3.24 Å². The predicted octanol–water partition coefficient (Wildman–Crippen LogP) is 13.5. The molecule has 2 aliphatic rings. The van der Waals surface area contributed by atoms with Gasteiger partial charge in [0.25, 0.3) is 0 Å². The molecule has 1 saturated carbocycles. The molecule has 2 aliphatic carbocycles. The Labute approximate surface area is 309 Å². The van der Waals surface area contributed by atoms with Crippen LogP contribution in [0.4, 0.5) is 11.4 Å². The van der Waals surface area contributed by atoms with Gasteiger partial charge in [0, 0.05) is 18.4 Å². The molecule has 7 aromatic carbocycles. The van der Waals surface area contributed by atoms with Crippen molar-refractivity contribution in [3.63, 3.8) is 0 Å². The van der Waals surface area contributed by atoms with Gasteiger partial charge in [0.2, 0.25) is 0 Å². The summed E-state index contributed by atoms with van der Waals surface area (Å²) in [6, 6.07) is 63.7. The van der Waals surface area contributed by atoms with E-state index in [-0.39, 0.29) is 0 Å². The molecule has 52 heavy (non-hydrogen) atoms. The molecule has 0 saturated heterocycles. The van der Waals surface area contributed by atoms with Crippen molar-refractivity contribution in [2.75, 3.05) is 11.9 Å². The summed E-state index contributed by atoms with van der Waals surface area (Å²) in [5.41, 5.74) is 17.6. The van der Waals surface area contributed by atoms with Crippen LogP contribution in [0.2, 0.25) is 0 Å². The lowest BCUT2D eigenvalue weighted by Gasteiger charge is -2.34. The molecular weight excluding hydrogens is 627 g/mol. The molecule has 9 rings (SSSR count). The third-order valence-corrected chi connectivity index (χ3v) is 11.9. The molecule has 0 radical (unpaired) electrons. The molecule has 7 aromatic rings. The van der Waals surface area contributed by atoms with Crippen LogP contribution in [0.5, 0.6) is 0 Å². The van der Waals surface area contributed by atoms with Gasteiger partial charge in [-0.05, 0) is 111 Å². The van der Waals surface area contributed by atoms with E-state index in [4.69, 9.17) is 0 Å². The van der Waals surface area contributed by atoms with Crippen molar-refractivity contribution >= 4 is 11.4 Å². The average Bonchev–Trinajstić information content (AvgIpc) is 3.52. The number of fused-ring (bicyclic) bond motifs is 3. The van der Waals surface area contributed by atoms with E-state index >= 15 is 0 Å². The van der Waals surface area contributed by atoms with Gasteiger partial charge in [0.15, 0.2) is 0 Å². The van der Waals surface area contributed by atoms with E-state index in [1.807, 2.05) is 0 Å². The van der Waals surface area contributed by atoms with Gasteiger partial charge in [-0.25, -0.2) is 0 Å². The molecule has 1 fully saturated rings. The SMILES string of the molecule is Cc1ccc(-c2ccc(C3(c4ccc(-c5ccc(N(C)c6ccc(C7CCCCC7)cc6)cc5)cc4)c4ccccc4-c4ccccc43)cc2)cc1. The summed E-state index contributed by atoms with van der Waals surface area (Å²) in [5.74, 6) is 0.733. The van der Waals surface area contributed by atoms with Crippen LogP contribution in [-0.2, 0) is 5.41 Å². The molecule has 0 amide bonds. The first kappa shape index (κ1) is 32.3. The number of hydrogen-bond donors (Lipinski definition) is 0. The van der Waals surface area contributed by atoms with E-state index in [0.717, 1.165) is 5.92 Å². The third kappa shape index (κ3) is 5.56. The van der Waals surface area contributed by atoms with Crippen LogP contribution >= 0.6 is 0 Å². The van der Waals surface area contributed by atoms with E-state index in [9.17, 15) is 0 Å². The largest absolute Gasteiger partial charge is 0.345 e. The van der Waals surface area contributed by atoms with Gasteiger partial charge in [0.1, 0.15) is 0 Å². The van der Waals surface area contributed by atoms with Crippen molar-refractivity contribution in [2.24, 2.45) is 0 Å². The molecule has 1 nitrogen and oxygen atoms in total. The monoisotopic (exact) mass is 671 g/mol. The summed E-state index contributed by atoms with van der Waals surface area (Å²) in [5, 5.41) is 0. The van der Waals surface area contributed by atoms with Gasteiger partial charge >= 0.3 is 0 Å². The van der Waals surface area contributed by atoms with Gasteiger partial charge in [-0.2, -0.15) is 0 Å². The minimum absolute atomic E-state index is 0.420. The molecular formula is C51H45N. The maximum Gasteiger partial charge on any atom is 0.0713 e. The van der Waals surface area contributed by atoms with E-state index < -0.39 is 5.41 Å². The van der Waals surface area contributed by atoms with E-state index in [2.05, 4.69) is 189 Å². The van der Waals surface area contributed by atoms with E-state index in [0.29, 0.717) is 0 Å². The Morgan fingerprint density at radius 2 is 0.846 bits per heavy atom. The highest BCUT2D eigenvalue weighted by molar-refractivity contribution is 5.86. The maximum atomic E-state index is 2.36. The summed E-state index contributed by atoms with van der Waals surface area (Å²) in [4.78, 5) is 2.29. The van der Waals surface area contributed by atoms with Crippen molar-refractivity contribution in [1.29, 1.82) is 0 Å². The van der Waals surface area contributed by atoms with Crippen LogP contribution in [0.15, 0.2) is 170 Å². The summed E-state index contributed by atoms with van der Waals surface area (Å²) >= 11 is 0. The predicted molar refractivity (Wildman–Crippen MR) is 220 cm³/mol. The Morgan fingerprint density at radius 3 is 1.33 bits per heavy atom. The zero-order valence-electron chi connectivity index (χ0n) is 30.2. The molecule has 0 atom stereocenters. The molecule has 0 bridgehead atoms. The van der Waals surface area contributed by atoms with Gasteiger partial charge < -0.3 is 4.90 Å². The molecule has 0 spiro atoms. The molecule has 0 N–H and O–H groups in total.